The van der Waals surface area contributed by atoms with E-state index in [2.05, 4.69) is 17.1 Å². The fourth-order valence-electron chi connectivity index (χ4n) is 2.67. The fraction of sp³-hybridized carbons (Fsp3) is 0.368. The van der Waals surface area contributed by atoms with Gasteiger partial charge in [0.25, 0.3) is 0 Å². The second-order valence-corrected chi connectivity index (χ2v) is 7.01. The first-order valence-electron chi connectivity index (χ1n) is 8.19. The Labute approximate surface area is 147 Å². The summed E-state index contributed by atoms with van der Waals surface area (Å²) >= 11 is 1.66. The highest BCUT2D eigenvalue weighted by Gasteiger charge is 2.27. The lowest BCUT2D eigenvalue weighted by molar-refractivity contribution is -0.127. The lowest BCUT2D eigenvalue weighted by Gasteiger charge is -2.17. The van der Waals surface area contributed by atoms with Crippen LogP contribution in [0, 0.1) is 6.92 Å². The number of carbonyl (C=O) groups is 1. The van der Waals surface area contributed by atoms with E-state index < -0.39 is 0 Å². The van der Waals surface area contributed by atoms with E-state index in [1.807, 2.05) is 42.2 Å². The molecule has 1 unspecified atom stereocenters. The van der Waals surface area contributed by atoms with Gasteiger partial charge in [-0.25, -0.2) is 4.98 Å². The number of benzene rings is 1. The van der Waals surface area contributed by atoms with Crippen LogP contribution in [0.25, 0.3) is 0 Å². The molecule has 0 aliphatic carbocycles. The van der Waals surface area contributed by atoms with Crippen LogP contribution in [0.2, 0.25) is 0 Å². The SMILES string of the molecule is Cc1ccc(OC2CCN(C(=O)CSCc3ccccc3)C2)nc1. The Hall–Kier alpha value is -2.01. The highest BCUT2D eigenvalue weighted by molar-refractivity contribution is 7.99. The Bertz CT molecular complexity index is 661. The molecule has 0 bridgehead atoms. The predicted octanol–water partition coefficient (Wildman–Crippen LogP) is 3.30. The second-order valence-electron chi connectivity index (χ2n) is 6.02. The minimum absolute atomic E-state index is 0.0447. The van der Waals surface area contributed by atoms with Crippen LogP contribution in [-0.2, 0) is 10.5 Å². The van der Waals surface area contributed by atoms with Crippen LogP contribution in [0.15, 0.2) is 48.7 Å². The summed E-state index contributed by atoms with van der Waals surface area (Å²) in [6.07, 6.45) is 2.71. The molecule has 1 saturated heterocycles. The van der Waals surface area contributed by atoms with Gasteiger partial charge in [-0.2, -0.15) is 0 Å². The van der Waals surface area contributed by atoms with E-state index in [9.17, 15) is 4.79 Å². The average molecular weight is 342 g/mol. The number of hydrogen-bond donors (Lipinski definition) is 0. The molecule has 0 saturated carbocycles. The van der Waals surface area contributed by atoms with Crippen molar-refractivity contribution >= 4 is 17.7 Å². The van der Waals surface area contributed by atoms with Crippen LogP contribution in [0.1, 0.15) is 17.5 Å². The van der Waals surface area contributed by atoms with Crippen molar-refractivity contribution in [3.8, 4) is 5.88 Å². The molecular weight excluding hydrogens is 320 g/mol. The average Bonchev–Trinajstić information content (AvgIpc) is 3.06. The minimum Gasteiger partial charge on any atom is -0.472 e. The summed E-state index contributed by atoms with van der Waals surface area (Å²) in [7, 11) is 0. The molecule has 1 fully saturated rings. The normalized spacial score (nSPS) is 17.0. The van der Waals surface area contributed by atoms with E-state index >= 15 is 0 Å². The van der Waals surface area contributed by atoms with Gasteiger partial charge in [-0.1, -0.05) is 36.4 Å². The second kappa shape index (κ2) is 8.20. The predicted molar refractivity (Wildman–Crippen MR) is 97.2 cm³/mol. The van der Waals surface area contributed by atoms with Gasteiger partial charge in [-0.15, -0.1) is 11.8 Å². The van der Waals surface area contributed by atoms with Gasteiger partial charge >= 0.3 is 0 Å². The molecule has 0 N–H and O–H groups in total. The van der Waals surface area contributed by atoms with Gasteiger partial charge in [0.05, 0.1) is 12.3 Å². The Kier molecular flexibility index (Phi) is 5.75. The molecule has 1 amide bonds. The summed E-state index contributed by atoms with van der Waals surface area (Å²) in [6, 6.07) is 14.1. The monoisotopic (exact) mass is 342 g/mol. The Morgan fingerprint density at radius 3 is 2.88 bits per heavy atom. The van der Waals surface area contributed by atoms with Gasteiger partial charge in [-0.3, -0.25) is 4.79 Å². The van der Waals surface area contributed by atoms with Gasteiger partial charge in [0.15, 0.2) is 0 Å². The van der Waals surface area contributed by atoms with E-state index in [1.54, 1.807) is 18.0 Å². The zero-order valence-electron chi connectivity index (χ0n) is 13.9. The third-order valence-corrected chi connectivity index (χ3v) is 4.99. The molecule has 126 valence electrons. The number of thioether (sulfide) groups is 1. The summed E-state index contributed by atoms with van der Waals surface area (Å²) in [5.74, 6) is 2.22. The molecule has 0 radical (unpaired) electrons. The molecule has 3 rings (SSSR count). The number of hydrogen-bond acceptors (Lipinski definition) is 4. The topological polar surface area (TPSA) is 42.4 Å². The smallest absolute Gasteiger partial charge is 0.232 e. The Balaban J connectivity index is 1.41. The number of aryl methyl sites for hydroxylation is 1. The molecule has 5 heteroatoms. The van der Waals surface area contributed by atoms with Crippen LogP contribution in [0.4, 0.5) is 0 Å². The first-order valence-corrected chi connectivity index (χ1v) is 9.35. The maximum Gasteiger partial charge on any atom is 0.232 e. The van der Waals surface area contributed by atoms with Crippen LogP contribution in [0.5, 0.6) is 5.88 Å². The standard InChI is InChI=1S/C19H22N2O2S/c1-15-7-8-18(20-11-15)23-17-9-10-21(12-17)19(22)14-24-13-16-5-3-2-4-6-16/h2-8,11,17H,9-10,12-14H2,1H3. The van der Waals surface area contributed by atoms with E-state index in [4.69, 9.17) is 4.74 Å². The molecule has 1 aromatic carbocycles. The number of likely N-dealkylation sites (tertiary alicyclic amines) is 1. The zero-order valence-corrected chi connectivity index (χ0v) is 14.7. The largest absolute Gasteiger partial charge is 0.472 e. The van der Waals surface area contributed by atoms with Crippen molar-refractivity contribution in [2.45, 2.75) is 25.2 Å². The summed E-state index contributed by atoms with van der Waals surface area (Å²) in [6.45, 7) is 3.42. The van der Waals surface area contributed by atoms with Gasteiger partial charge in [0.2, 0.25) is 11.8 Å². The zero-order chi connectivity index (χ0) is 16.8. The van der Waals surface area contributed by atoms with Crippen LogP contribution < -0.4 is 4.74 Å². The molecule has 2 heterocycles. The number of amides is 1. The maximum absolute atomic E-state index is 12.3. The van der Waals surface area contributed by atoms with Crippen LogP contribution in [0.3, 0.4) is 0 Å². The number of nitrogens with zero attached hydrogens (tertiary/aromatic N) is 2. The minimum atomic E-state index is 0.0447. The van der Waals surface area contributed by atoms with Gasteiger partial charge < -0.3 is 9.64 Å². The first kappa shape index (κ1) is 16.8. The molecule has 1 atom stereocenters. The van der Waals surface area contributed by atoms with Gasteiger partial charge in [0, 0.05) is 31.0 Å². The molecule has 0 spiro atoms. The summed E-state index contributed by atoms with van der Waals surface area (Å²) in [4.78, 5) is 18.5. The van der Waals surface area contributed by atoms with E-state index in [0.29, 0.717) is 18.2 Å². The van der Waals surface area contributed by atoms with Crippen LogP contribution in [-0.4, -0.2) is 40.7 Å². The third-order valence-electron chi connectivity index (χ3n) is 4.01. The Morgan fingerprint density at radius 2 is 2.12 bits per heavy atom. The lowest BCUT2D eigenvalue weighted by Crippen LogP contribution is -2.32. The molecule has 24 heavy (non-hydrogen) atoms. The van der Waals surface area contributed by atoms with Crippen molar-refractivity contribution in [3.63, 3.8) is 0 Å². The van der Waals surface area contributed by atoms with Crippen molar-refractivity contribution in [2.24, 2.45) is 0 Å². The van der Waals surface area contributed by atoms with Crippen LogP contribution >= 0.6 is 11.8 Å². The summed E-state index contributed by atoms with van der Waals surface area (Å²) in [5.41, 5.74) is 2.37. The summed E-state index contributed by atoms with van der Waals surface area (Å²) in [5, 5.41) is 0. The van der Waals surface area contributed by atoms with Crippen molar-refractivity contribution in [1.82, 2.24) is 9.88 Å². The van der Waals surface area contributed by atoms with Crippen molar-refractivity contribution in [2.75, 3.05) is 18.8 Å². The molecule has 1 aliphatic rings. The van der Waals surface area contributed by atoms with E-state index in [-0.39, 0.29) is 12.0 Å². The van der Waals surface area contributed by atoms with Crippen molar-refractivity contribution < 1.29 is 9.53 Å². The fourth-order valence-corrected chi connectivity index (χ4v) is 3.55. The lowest BCUT2D eigenvalue weighted by atomic mass is 10.2. The third kappa shape index (κ3) is 4.74. The molecular formula is C19H22N2O2S. The number of rotatable bonds is 6. The highest BCUT2D eigenvalue weighted by Crippen LogP contribution is 2.19. The number of pyridine rings is 1. The number of aromatic nitrogens is 1. The summed E-state index contributed by atoms with van der Waals surface area (Å²) < 4.78 is 5.87. The van der Waals surface area contributed by atoms with E-state index in [0.717, 1.165) is 24.3 Å². The van der Waals surface area contributed by atoms with Crippen molar-refractivity contribution in [3.05, 3.63) is 59.8 Å². The van der Waals surface area contributed by atoms with Crippen molar-refractivity contribution in [1.29, 1.82) is 0 Å². The first-order chi connectivity index (χ1) is 11.7. The number of ether oxygens (including phenoxy) is 1. The molecule has 1 aliphatic heterocycles. The molecule has 4 nitrogen and oxygen atoms in total. The highest BCUT2D eigenvalue weighted by atomic mass is 32.2. The number of carbonyl (C=O) groups excluding carboxylic acids is 1. The van der Waals surface area contributed by atoms with Gasteiger partial charge in [-0.05, 0) is 18.1 Å². The Morgan fingerprint density at radius 1 is 1.29 bits per heavy atom. The molecule has 2 aromatic rings. The maximum atomic E-state index is 12.3. The van der Waals surface area contributed by atoms with Gasteiger partial charge in [0.1, 0.15) is 6.10 Å². The molecule has 1 aromatic heterocycles. The quantitative estimate of drug-likeness (QED) is 0.808. The van der Waals surface area contributed by atoms with E-state index in [1.165, 1.54) is 5.56 Å².